The smallest absolute Gasteiger partial charge is 0.123 e. The maximum Gasteiger partial charge on any atom is 0.123 e. The predicted molar refractivity (Wildman–Crippen MR) is 89.0 cm³/mol. The van der Waals surface area contributed by atoms with E-state index in [4.69, 9.17) is 4.74 Å². The molecule has 22 heavy (non-hydrogen) atoms. The van der Waals surface area contributed by atoms with Crippen LogP contribution >= 0.6 is 0 Å². The number of hydrogen-bond acceptors (Lipinski definition) is 2. The van der Waals surface area contributed by atoms with E-state index in [2.05, 4.69) is 30.3 Å². The third kappa shape index (κ3) is 2.66. The quantitative estimate of drug-likeness (QED) is 0.697. The van der Waals surface area contributed by atoms with Crippen LogP contribution in [0, 0.1) is 11.3 Å². The van der Waals surface area contributed by atoms with Gasteiger partial charge in [-0.3, -0.25) is 0 Å². The zero-order valence-electron chi connectivity index (χ0n) is 12.5. The standard InChI is InChI=1S/C20H17NO/c1-22-20-12-5-4-11-19(20)17(14-21)13-16-9-6-8-15-7-2-3-10-18(15)16/h2-12,17H,13H2,1H3. The van der Waals surface area contributed by atoms with Crippen LogP contribution in [0.25, 0.3) is 10.8 Å². The molecule has 3 rings (SSSR count). The Morgan fingerprint density at radius 3 is 2.50 bits per heavy atom. The summed E-state index contributed by atoms with van der Waals surface area (Å²) in [6.45, 7) is 0. The molecule has 0 radical (unpaired) electrons. The van der Waals surface area contributed by atoms with Gasteiger partial charge in [0.2, 0.25) is 0 Å². The van der Waals surface area contributed by atoms with Gasteiger partial charge in [-0.05, 0) is 28.8 Å². The van der Waals surface area contributed by atoms with E-state index in [9.17, 15) is 5.26 Å². The minimum Gasteiger partial charge on any atom is -0.496 e. The molecule has 0 amide bonds. The second kappa shape index (κ2) is 6.32. The highest BCUT2D eigenvalue weighted by Crippen LogP contribution is 2.30. The van der Waals surface area contributed by atoms with Crippen molar-refractivity contribution in [1.29, 1.82) is 5.26 Å². The molecule has 1 unspecified atom stereocenters. The van der Waals surface area contributed by atoms with Crippen molar-refractivity contribution in [2.75, 3.05) is 7.11 Å². The Balaban J connectivity index is 2.01. The molecular weight excluding hydrogens is 270 g/mol. The molecule has 0 saturated heterocycles. The first kappa shape index (κ1) is 14.2. The SMILES string of the molecule is COc1ccccc1C(C#N)Cc1cccc2ccccc12. The second-order valence-corrected chi connectivity index (χ2v) is 5.27. The third-order valence-electron chi connectivity index (χ3n) is 3.97. The van der Waals surface area contributed by atoms with E-state index in [0.29, 0.717) is 6.42 Å². The Labute approximate surface area is 130 Å². The van der Waals surface area contributed by atoms with Crippen LogP contribution in [0.4, 0.5) is 0 Å². The van der Waals surface area contributed by atoms with Gasteiger partial charge in [-0.1, -0.05) is 60.7 Å². The summed E-state index contributed by atoms with van der Waals surface area (Å²) in [5, 5.41) is 12.0. The van der Waals surface area contributed by atoms with Gasteiger partial charge in [-0.25, -0.2) is 0 Å². The Morgan fingerprint density at radius 1 is 0.955 bits per heavy atom. The van der Waals surface area contributed by atoms with Gasteiger partial charge in [-0.2, -0.15) is 5.26 Å². The average molecular weight is 287 g/mol. The van der Waals surface area contributed by atoms with Crippen LogP contribution in [0.2, 0.25) is 0 Å². The summed E-state index contributed by atoms with van der Waals surface area (Å²) in [6.07, 6.45) is 0.679. The van der Waals surface area contributed by atoms with Crippen LogP contribution < -0.4 is 4.74 Å². The number of nitrogens with zero attached hydrogens (tertiary/aromatic N) is 1. The minimum atomic E-state index is -0.220. The fraction of sp³-hybridized carbons (Fsp3) is 0.150. The Morgan fingerprint density at radius 2 is 1.68 bits per heavy atom. The molecule has 3 aromatic carbocycles. The summed E-state index contributed by atoms with van der Waals surface area (Å²) < 4.78 is 5.40. The molecule has 0 bridgehead atoms. The molecule has 0 fully saturated rings. The highest BCUT2D eigenvalue weighted by atomic mass is 16.5. The number of benzene rings is 3. The fourth-order valence-corrected chi connectivity index (χ4v) is 2.87. The first-order valence-corrected chi connectivity index (χ1v) is 7.32. The third-order valence-corrected chi connectivity index (χ3v) is 3.97. The number of para-hydroxylation sites is 1. The molecule has 0 aliphatic heterocycles. The lowest BCUT2D eigenvalue weighted by Crippen LogP contribution is -2.03. The van der Waals surface area contributed by atoms with Crippen molar-refractivity contribution in [1.82, 2.24) is 0 Å². The first-order valence-electron chi connectivity index (χ1n) is 7.32. The van der Waals surface area contributed by atoms with Crippen LogP contribution in [0.15, 0.2) is 66.7 Å². The van der Waals surface area contributed by atoms with Crippen molar-refractivity contribution in [3.05, 3.63) is 77.9 Å². The van der Waals surface area contributed by atoms with Crippen LogP contribution in [0.3, 0.4) is 0 Å². The molecule has 0 N–H and O–H groups in total. The van der Waals surface area contributed by atoms with Crippen molar-refractivity contribution in [3.63, 3.8) is 0 Å². The monoisotopic (exact) mass is 287 g/mol. The molecule has 0 aliphatic rings. The topological polar surface area (TPSA) is 33.0 Å². The average Bonchev–Trinajstić information content (AvgIpc) is 2.59. The Bertz CT molecular complexity index is 827. The van der Waals surface area contributed by atoms with E-state index in [0.717, 1.165) is 11.3 Å². The molecule has 0 aliphatic carbocycles. The zero-order valence-corrected chi connectivity index (χ0v) is 12.5. The van der Waals surface area contributed by atoms with Crippen molar-refractivity contribution in [3.8, 4) is 11.8 Å². The van der Waals surface area contributed by atoms with Crippen LogP contribution in [-0.2, 0) is 6.42 Å². The van der Waals surface area contributed by atoms with Gasteiger partial charge in [-0.15, -0.1) is 0 Å². The summed E-state index contributed by atoms with van der Waals surface area (Å²) in [5.74, 6) is 0.552. The number of hydrogen-bond donors (Lipinski definition) is 0. The number of fused-ring (bicyclic) bond motifs is 1. The van der Waals surface area contributed by atoms with Gasteiger partial charge in [0, 0.05) is 5.56 Å². The fourth-order valence-electron chi connectivity index (χ4n) is 2.87. The van der Waals surface area contributed by atoms with Gasteiger partial charge in [0.25, 0.3) is 0 Å². The maximum atomic E-state index is 9.63. The normalized spacial score (nSPS) is 11.8. The summed E-state index contributed by atoms with van der Waals surface area (Å²) >= 11 is 0. The second-order valence-electron chi connectivity index (χ2n) is 5.27. The van der Waals surface area contributed by atoms with Gasteiger partial charge in [0.1, 0.15) is 5.75 Å². The molecule has 1 atom stereocenters. The molecule has 0 heterocycles. The molecule has 0 aromatic heterocycles. The summed E-state index contributed by atoms with van der Waals surface area (Å²) in [6, 6.07) is 24.7. The van der Waals surface area contributed by atoms with Crippen molar-refractivity contribution in [2.45, 2.75) is 12.3 Å². The number of rotatable bonds is 4. The van der Waals surface area contributed by atoms with Gasteiger partial charge < -0.3 is 4.74 Å². The number of ether oxygens (including phenoxy) is 1. The highest BCUT2D eigenvalue weighted by molar-refractivity contribution is 5.85. The molecule has 2 heteroatoms. The van der Waals surface area contributed by atoms with Gasteiger partial charge >= 0.3 is 0 Å². The van der Waals surface area contributed by atoms with E-state index in [1.54, 1.807) is 7.11 Å². The van der Waals surface area contributed by atoms with Crippen molar-refractivity contribution < 1.29 is 4.74 Å². The molecule has 2 nitrogen and oxygen atoms in total. The zero-order chi connectivity index (χ0) is 15.4. The molecule has 3 aromatic rings. The van der Waals surface area contributed by atoms with E-state index in [-0.39, 0.29) is 5.92 Å². The van der Waals surface area contributed by atoms with E-state index in [1.807, 2.05) is 42.5 Å². The maximum absolute atomic E-state index is 9.63. The van der Waals surface area contributed by atoms with Crippen LogP contribution in [-0.4, -0.2) is 7.11 Å². The largest absolute Gasteiger partial charge is 0.496 e. The highest BCUT2D eigenvalue weighted by Gasteiger charge is 2.17. The molecular formula is C20H17NO. The van der Waals surface area contributed by atoms with Crippen molar-refractivity contribution >= 4 is 10.8 Å². The summed E-state index contributed by atoms with van der Waals surface area (Å²) in [7, 11) is 1.64. The molecule has 0 saturated carbocycles. The minimum absolute atomic E-state index is 0.220. The Hall–Kier alpha value is -2.79. The van der Waals surface area contributed by atoms with E-state index >= 15 is 0 Å². The molecule has 108 valence electrons. The van der Waals surface area contributed by atoms with Crippen LogP contribution in [0.1, 0.15) is 17.0 Å². The summed E-state index contributed by atoms with van der Waals surface area (Å²) in [4.78, 5) is 0. The van der Waals surface area contributed by atoms with Gasteiger partial charge in [0.05, 0.1) is 19.1 Å². The first-order chi connectivity index (χ1) is 10.8. The van der Waals surface area contributed by atoms with Crippen LogP contribution in [0.5, 0.6) is 5.75 Å². The predicted octanol–water partition coefficient (Wildman–Crippen LogP) is 4.70. The number of nitriles is 1. The van der Waals surface area contributed by atoms with Crippen molar-refractivity contribution in [2.24, 2.45) is 0 Å². The lowest BCUT2D eigenvalue weighted by Gasteiger charge is -2.15. The molecule has 0 spiro atoms. The summed E-state index contributed by atoms with van der Waals surface area (Å²) in [5.41, 5.74) is 2.14. The van der Waals surface area contributed by atoms with E-state index < -0.39 is 0 Å². The lowest BCUT2D eigenvalue weighted by atomic mass is 9.90. The lowest BCUT2D eigenvalue weighted by molar-refractivity contribution is 0.408. The Kier molecular flexibility index (Phi) is 4.07. The van der Waals surface area contributed by atoms with Gasteiger partial charge in [0.15, 0.2) is 0 Å². The number of methoxy groups -OCH3 is 1. The van der Waals surface area contributed by atoms with E-state index in [1.165, 1.54) is 16.3 Å².